The molecule has 0 radical (unpaired) electrons. The first-order valence-corrected chi connectivity index (χ1v) is 8.56. The van der Waals surface area contributed by atoms with E-state index in [1.54, 1.807) is 6.07 Å². The molecule has 1 fully saturated rings. The second kappa shape index (κ2) is 7.64. The number of nitrogens with zero attached hydrogens (tertiary/aromatic N) is 3. The van der Waals surface area contributed by atoms with Gasteiger partial charge in [0.1, 0.15) is 11.6 Å². The molecule has 1 aliphatic rings. The minimum Gasteiger partial charge on any atom is -0.291 e. The van der Waals surface area contributed by atoms with Crippen LogP contribution in [0.5, 0.6) is 0 Å². The van der Waals surface area contributed by atoms with Crippen molar-refractivity contribution in [3.05, 3.63) is 59.4 Å². The Morgan fingerprint density at radius 2 is 2.13 bits per heavy atom. The van der Waals surface area contributed by atoms with Crippen molar-refractivity contribution in [3.8, 4) is 0 Å². The normalized spacial score (nSPS) is 19.5. The number of rotatable bonds is 4. The van der Waals surface area contributed by atoms with Crippen LogP contribution < -0.4 is 0 Å². The van der Waals surface area contributed by atoms with Crippen LogP contribution in [0.15, 0.2) is 36.5 Å². The van der Waals surface area contributed by atoms with Gasteiger partial charge in [0, 0.05) is 25.2 Å². The molecule has 1 aromatic heterocycles. The molecule has 3 nitrogen and oxygen atoms in total. The van der Waals surface area contributed by atoms with E-state index in [2.05, 4.69) is 21.8 Å². The lowest BCUT2D eigenvalue weighted by Gasteiger charge is -2.30. The van der Waals surface area contributed by atoms with Crippen molar-refractivity contribution in [2.24, 2.45) is 0 Å². The molecule has 1 aliphatic heterocycles. The van der Waals surface area contributed by atoms with Crippen LogP contribution in [0.4, 0.5) is 4.39 Å². The topological polar surface area (TPSA) is 29.0 Å². The first kappa shape index (κ1) is 16.1. The van der Waals surface area contributed by atoms with Gasteiger partial charge in [0.2, 0.25) is 0 Å². The van der Waals surface area contributed by atoms with Gasteiger partial charge >= 0.3 is 0 Å². The molecule has 0 aliphatic carbocycles. The Hall–Kier alpha value is -1.81. The van der Waals surface area contributed by atoms with Gasteiger partial charge in [0.05, 0.1) is 5.69 Å². The van der Waals surface area contributed by atoms with E-state index in [1.807, 2.05) is 24.4 Å². The fraction of sp³-hybridized carbons (Fsp3) is 0.474. The van der Waals surface area contributed by atoms with Gasteiger partial charge in [0.15, 0.2) is 0 Å². The molecule has 0 N–H and O–H groups in total. The zero-order chi connectivity index (χ0) is 16.1. The zero-order valence-corrected chi connectivity index (χ0v) is 13.7. The quantitative estimate of drug-likeness (QED) is 0.843. The van der Waals surface area contributed by atoms with Crippen LogP contribution in [0.25, 0.3) is 0 Å². The molecule has 4 heteroatoms. The maximum Gasteiger partial charge on any atom is 0.128 e. The molecule has 122 valence electrons. The standard InChI is InChI=1S/C19H24FN3/c1-2-19-21-11-10-17(22-19)14-23-12-5-3-4-9-18(23)15-7-6-8-16(20)13-15/h6-8,10-11,13,18H,2-5,9,12,14H2,1H3/t18-/m1/s1. The Kier molecular flexibility index (Phi) is 5.34. The first-order chi connectivity index (χ1) is 11.3. The molecular formula is C19H24FN3. The van der Waals surface area contributed by atoms with E-state index < -0.39 is 0 Å². The fourth-order valence-corrected chi connectivity index (χ4v) is 3.36. The molecule has 1 saturated heterocycles. The van der Waals surface area contributed by atoms with Gasteiger partial charge in [-0.05, 0) is 43.1 Å². The SMILES string of the molecule is CCc1nccc(CN2CCCCC[C@@H]2c2cccc(F)c2)n1. The van der Waals surface area contributed by atoms with Crippen LogP contribution in [0.1, 0.15) is 55.7 Å². The number of benzene rings is 1. The highest BCUT2D eigenvalue weighted by molar-refractivity contribution is 5.21. The molecule has 2 aromatic rings. The largest absolute Gasteiger partial charge is 0.291 e. The zero-order valence-electron chi connectivity index (χ0n) is 13.7. The number of halogens is 1. The molecule has 1 aromatic carbocycles. The van der Waals surface area contributed by atoms with Gasteiger partial charge in [-0.1, -0.05) is 31.9 Å². The smallest absolute Gasteiger partial charge is 0.128 e. The molecule has 0 spiro atoms. The van der Waals surface area contributed by atoms with Gasteiger partial charge in [-0.3, -0.25) is 4.90 Å². The molecule has 1 atom stereocenters. The lowest BCUT2D eigenvalue weighted by Crippen LogP contribution is -2.28. The Morgan fingerprint density at radius 1 is 1.22 bits per heavy atom. The predicted molar refractivity (Wildman–Crippen MR) is 89.4 cm³/mol. The molecule has 23 heavy (non-hydrogen) atoms. The highest BCUT2D eigenvalue weighted by Crippen LogP contribution is 2.31. The maximum atomic E-state index is 13.6. The molecule has 0 unspecified atom stereocenters. The second-order valence-corrected chi connectivity index (χ2v) is 6.21. The van der Waals surface area contributed by atoms with E-state index in [-0.39, 0.29) is 11.9 Å². The summed E-state index contributed by atoms with van der Waals surface area (Å²) in [5, 5.41) is 0. The molecule has 0 bridgehead atoms. The van der Waals surface area contributed by atoms with E-state index in [0.717, 1.165) is 43.0 Å². The summed E-state index contributed by atoms with van der Waals surface area (Å²) < 4.78 is 13.6. The molecule has 0 amide bonds. The van der Waals surface area contributed by atoms with Crippen LogP contribution in [0, 0.1) is 5.82 Å². The Labute approximate surface area is 137 Å². The fourth-order valence-electron chi connectivity index (χ4n) is 3.36. The molecule has 3 rings (SSSR count). The third kappa shape index (κ3) is 4.14. The maximum absolute atomic E-state index is 13.6. The average molecular weight is 313 g/mol. The highest BCUT2D eigenvalue weighted by atomic mass is 19.1. The van der Waals surface area contributed by atoms with Gasteiger partial charge in [-0.2, -0.15) is 0 Å². The van der Waals surface area contributed by atoms with Crippen molar-refractivity contribution in [1.82, 2.24) is 14.9 Å². The van der Waals surface area contributed by atoms with Gasteiger partial charge in [-0.25, -0.2) is 14.4 Å². The lowest BCUT2D eigenvalue weighted by molar-refractivity contribution is 0.189. The van der Waals surface area contributed by atoms with Gasteiger partial charge in [-0.15, -0.1) is 0 Å². The minimum absolute atomic E-state index is 0.151. The van der Waals surface area contributed by atoms with Gasteiger partial charge < -0.3 is 0 Å². The average Bonchev–Trinajstić information content (AvgIpc) is 2.80. The Balaban J connectivity index is 1.83. The summed E-state index contributed by atoms with van der Waals surface area (Å²) in [4.78, 5) is 11.4. The summed E-state index contributed by atoms with van der Waals surface area (Å²) in [6, 6.07) is 9.32. The van der Waals surface area contributed by atoms with Crippen LogP contribution in [0.3, 0.4) is 0 Å². The third-order valence-corrected chi connectivity index (χ3v) is 4.54. The van der Waals surface area contributed by atoms with Gasteiger partial charge in [0.25, 0.3) is 0 Å². The monoisotopic (exact) mass is 313 g/mol. The molecule has 2 heterocycles. The number of likely N-dealkylation sites (tertiary alicyclic amines) is 1. The summed E-state index contributed by atoms with van der Waals surface area (Å²) in [6.45, 7) is 3.91. The van der Waals surface area contributed by atoms with Crippen LogP contribution in [-0.2, 0) is 13.0 Å². The summed E-state index contributed by atoms with van der Waals surface area (Å²) in [6.07, 6.45) is 7.40. The van der Waals surface area contributed by atoms with E-state index in [4.69, 9.17) is 0 Å². The van der Waals surface area contributed by atoms with Crippen LogP contribution in [-0.4, -0.2) is 21.4 Å². The van der Waals surface area contributed by atoms with Crippen molar-refractivity contribution >= 4 is 0 Å². The van der Waals surface area contributed by atoms with Crippen LogP contribution in [0.2, 0.25) is 0 Å². The minimum atomic E-state index is -0.151. The van der Waals surface area contributed by atoms with Crippen molar-refractivity contribution in [1.29, 1.82) is 0 Å². The highest BCUT2D eigenvalue weighted by Gasteiger charge is 2.23. The number of aromatic nitrogens is 2. The third-order valence-electron chi connectivity index (χ3n) is 4.54. The second-order valence-electron chi connectivity index (χ2n) is 6.21. The Morgan fingerprint density at radius 3 is 2.96 bits per heavy atom. The van der Waals surface area contributed by atoms with Crippen molar-refractivity contribution in [3.63, 3.8) is 0 Å². The van der Waals surface area contributed by atoms with E-state index in [1.165, 1.54) is 25.3 Å². The van der Waals surface area contributed by atoms with Crippen molar-refractivity contribution in [2.45, 2.75) is 51.6 Å². The number of aryl methyl sites for hydroxylation is 1. The summed E-state index contributed by atoms with van der Waals surface area (Å²) in [5.74, 6) is 0.738. The first-order valence-electron chi connectivity index (χ1n) is 8.56. The van der Waals surface area contributed by atoms with Crippen LogP contribution >= 0.6 is 0 Å². The molecule has 0 saturated carbocycles. The molecular weight excluding hydrogens is 289 g/mol. The summed E-state index contributed by atoms with van der Waals surface area (Å²) >= 11 is 0. The van der Waals surface area contributed by atoms with E-state index in [9.17, 15) is 4.39 Å². The summed E-state index contributed by atoms with van der Waals surface area (Å²) in [5.41, 5.74) is 2.14. The predicted octanol–water partition coefficient (Wildman–Crippen LogP) is 4.30. The van der Waals surface area contributed by atoms with E-state index in [0.29, 0.717) is 0 Å². The van der Waals surface area contributed by atoms with Crippen molar-refractivity contribution in [2.75, 3.05) is 6.54 Å². The number of hydrogen-bond donors (Lipinski definition) is 0. The number of hydrogen-bond acceptors (Lipinski definition) is 3. The summed E-state index contributed by atoms with van der Waals surface area (Å²) in [7, 11) is 0. The van der Waals surface area contributed by atoms with E-state index >= 15 is 0 Å². The van der Waals surface area contributed by atoms with Crippen molar-refractivity contribution < 1.29 is 4.39 Å². The lowest BCUT2D eigenvalue weighted by atomic mass is 10.0. The Bertz CT molecular complexity index is 644.